The number of rotatable bonds is 4. The minimum absolute atomic E-state index is 0.315. The molecule has 0 amide bonds. The summed E-state index contributed by atoms with van der Waals surface area (Å²) in [4.78, 5) is 4.96. The Labute approximate surface area is 156 Å². The molecule has 1 fully saturated rings. The zero-order valence-electron chi connectivity index (χ0n) is 14.8. The highest BCUT2D eigenvalue weighted by Crippen LogP contribution is 2.45. The molecule has 105 valence electrons. The second-order valence-corrected chi connectivity index (χ2v) is 6.84. The lowest BCUT2D eigenvalue weighted by Gasteiger charge is -2.28. The van der Waals surface area contributed by atoms with Crippen molar-refractivity contribution in [1.29, 1.82) is 0 Å². The molecule has 1 aromatic rings. The minimum atomic E-state index is -0.574. The van der Waals surface area contributed by atoms with Crippen LogP contribution in [-0.2, 0) is 0 Å². The van der Waals surface area contributed by atoms with Crippen LogP contribution < -0.4 is 9.80 Å². The number of anilines is 2. The molecule has 2 unspecified atom stereocenters. The van der Waals surface area contributed by atoms with Gasteiger partial charge in [-0.15, -0.1) is 0 Å². The first-order valence-corrected chi connectivity index (χ1v) is 8.47. The van der Waals surface area contributed by atoms with Gasteiger partial charge in [-0.05, 0) is 25.0 Å². The zero-order valence-corrected chi connectivity index (χ0v) is 14.8. The van der Waals surface area contributed by atoms with Crippen molar-refractivity contribution in [2.24, 2.45) is 0 Å². The van der Waals surface area contributed by atoms with Gasteiger partial charge in [-0.2, -0.15) is 0 Å². The first-order chi connectivity index (χ1) is 11.3. The molecule has 1 aromatic carbocycles. The summed E-state index contributed by atoms with van der Waals surface area (Å²) in [7, 11) is 31.0. The Morgan fingerprint density at radius 2 is 1.54 bits per heavy atom. The highest BCUT2D eigenvalue weighted by atomic mass is 15.4. The van der Waals surface area contributed by atoms with Crippen LogP contribution in [0.5, 0.6) is 0 Å². The van der Waals surface area contributed by atoms with E-state index in [-0.39, 0.29) is 6.39 Å². The fourth-order valence-electron chi connectivity index (χ4n) is 3.23. The van der Waals surface area contributed by atoms with Gasteiger partial charge in [0.2, 0.25) is 0 Å². The molecular formula is C12H17B10N2. The van der Waals surface area contributed by atoms with Gasteiger partial charge in [0.15, 0.2) is 7.28 Å². The van der Waals surface area contributed by atoms with Crippen LogP contribution in [0.25, 0.3) is 0 Å². The van der Waals surface area contributed by atoms with E-state index in [0.717, 1.165) is 11.8 Å². The van der Waals surface area contributed by atoms with Crippen LogP contribution in [0.1, 0.15) is 13.8 Å². The third-order valence-electron chi connectivity index (χ3n) is 5.04. The van der Waals surface area contributed by atoms with Gasteiger partial charge in [-0.3, -0.25) is 0 Å². The van der Waals surface area contributed by atoms with Crippen molar-refractivity contribution in [3.05, 3.63) is 24.3 Å². The molecule has 11 radical (unpaired) electrons. The second kappa shape index (κ2) is 8.23. The predicted octanol–water partition coefficient (Wildman–Crippen LogP) is -1.55. The standard InChI is InChI=1S/C12H17BN2.B9/c1-8-12(13-8)15-9(2)14(3)10-6-4-5-7-11(10)15;1-6-9(7(2)3)8(4)5/h4-9,12-13H,1-3H3;/t8?,9-,12?;/m0./s1. The molecule has 0 aliphatic carbocycles. The molecule has 0 aromatic heterocycles. The second-order valence-electron chi connectivity index (χ2n) is 6.84. The first kappa shape index (κ1) is 19.8. The van der Waals surface area contributed by atoms with Crippen LogP contribution in [0.3, 0.4) is 0 Å². The van der Waals surface area contributed by atoms with Crippen LogP contribution in [0.15, 0.2) is 24.3 Å². The highest BCUT2D eigenvalue weighted by molar-refractivity contribution is 7.93. The van der Waals surface area contributed by atoms with Gasteiger partial charge < -0.3 is 9.80 Å². The maximum atomic E-state index is 5.25. The maximum Gasteiger partial charge on any atom is 0.153 e. The summed E-state index contributed by atoms with van der Waals surface area (Å²) >= 11 is 0. The molecule has 12 heteroatoms. The van der Waals surface area contributed by atoms with Gasteiger partial charge in [-0.25, -0.2) is 0 Å². The number of nitrogens with zero attached hydrogens (tertiary/aromatic N) is 2. The summed E-state index contributed by atoms with van der Waals surface area (Å²) in [6.07, 6.45) is -0.952. The van der Waals surface area contributed by atoms with Crippen LogP contribution in [0.4, 0.5) is 11.4 Å². The SMILES string of the molecule is CC1BC1N1c2ccccc2N(C)[C@@H]1C.[B][B]B(B([B])[B])B([B])[B]. The van der Waals surface area contributed by atoms with Crippen LogP contribution >= 0.6 is 0 Å². The third-order valence-corrected chi connectivity index (χ3v) is 5.04. The zero-order chi connectivity index (χ0) is 18.0. The van der Waals surface area contributed by atoms with E-state index < -0.39 is 12.8 Å². The van der Waals surface area contributed by atoms with Crippen molar-refractivity contribution in [3.63, 3.8) is 0 Å². The molecule has 3 atom stereocenters. The van der Waals surface area contributed by atoms with Crippen molar-refractivity contribution in [2.45, 2.75) is 31.8 Å². The Hall–Kier alpha value is -0.531. The van der Waals surface area contributed by atoms with Crippen molar-refractivity contribution >= 4 is 83.6 Å². The molecule has 2 aliphatic heterocycles. The Balaban J connectivity index is 0.000000202. The van der Waals surface area contributed by atoms with Crippen molar-refractivity contribution in [3.8, 4) is 0 Å². The van der Waals surface area contributed by atoms with E-state index in [9.17, 15) is 0 Å². The molecular weight excluding hydrogens is 280 g/mol. The molecule has 2 aliphatic rings. The molecule has 0 bridgehead atoms. The first-order valence-electron chi connectivity index (χ1n) is 8.47. The maximum absolute atomic E-state index is 5.25. The quantitative estimate of drug-likeness (QED) is 0.621. The molecule has 1 saturated heterocycles. The lowest BCUT2D eigenvalue weighted by molar-refractivity contribution is 0.654. The summed E-state index contributed by atoms with van der Waals surface area (Å²) < 4.78 is 0. The van der Waals surface area contributed by atoms with Crippen molar-refractivity contribution < 1.29 is 0 Å². The largest absolute Gasteiger partial charge is 0.355 e. The Morgan fingerprint density at radius 1 is 1.04 bits per heavy atom. The summed E-state index contributed by atoms with van der Waals surface area (Å²) in [5, 5.41) is 0. The van der Waals surface area contributed by atoms with Crippen molar-refractivity contribution in [1.82, 2.24) is 0 Å². The average Bonchev–Trinajstić information content (AvgIpc) is 3.17. The van der Waals surface area contributed by atoms with Crippen molar-refractivity contribution in [2.75, 3.05) is 16.8 Å². The Kier molecular flexibility index (Phi) is 6.79. The van der Waals surface area contributed by atoms with Crippen LogP contribution in [0, 0.1) is 0 Å². The Morgan fingerprint density at radius 3 is 1.92 bits per heavy atom. The molecule has 24 heavy (non-hydrogen) atoms. The van der Waals surface area contributed by atoms with Gasteiger partial charge >= 0.3 is 0 Å². The lowest BCUT2D eigenvalue weighted by Crippen LogP contribution is -2.55. The fraction of sp³-hybridized carbons (Fsp3) is 0.500. The van der Waals surface area contributed by atoms with Gasteiger partial charge in [0.1, 0.15) is 0 Å². The number of para-hydroxylation sites is 2. The summed E-state index contributed by atoms with van der Waals surface area (Å²) in [6, 6.07) is 8.74. The third kappa shape index (κ3) is 4.17. The minimum Gasteiger partial charge on any atom is -0.355 e. The van der Waals surface area contributed by atoms with Crippen LogP contribution in [-0.4, -0.2) is 91.3 Å². The lowest BCUT2D eigenvalue weighted by atomic mass is 8.64. The summed E-state index contributed by atoms with van der Waals surface area (Å²) in [5.74, 6) is 1.64. The highest BCUT2D eigenvalue weighted by Gasteiger charge is 2.45. The molecule has 0 saturated carbocycles. The summed E-state index contributed by atoms with van der Waals surface area (Å²) in [5.41, 5.74) is 2.80. The number of hydrogen-bond acceptors (Lipinski definition) is 2. The molecule has 0 spiro atoms. The van der Waals surface area contributed by atoms with E-state index >= 15 is 0 Å². The molecule has 2 heterocycles. The molecule has 2 nitrogen and oxygen atoms in total. The van der Waals surface area contributed by atoms with E-state index in [4.69, 9.17) is 38.7 Å². The predicted molar refractivity (Wildman–Crippen MR) is 119 cm³/mol. The van der Waals surface area contributed by atoms with E-state index in [2.05, 4.69) is 55.0 Å². The fourth-order valence-corrected chi connectivity index (χ4v) is 3.23. The average molecular weight is 297 g/mol. The Bertz CT molecular complexity index is 536. The normalized spacial score (nSPS) is 23.4. The van der Waals surface area contributed by atoms with E-state index in [1.165, 1.54) is 25.7 Å². The number of benzene rings is 1. The molecule has 3 rings (SSSR count). The van der Waals surface area contributed by atoms with Gasteiger partial charge in [-0.1, -0.05) is 24.9 Å². The van der Waals surface area contributed by atoms with E-state index in [1.807, 2.05) is 0 Å². The van der Waals surface area contributed by atoms with E-state index in [0.29, 0.717) is 6.17 Å². The molecule has 0 N–H and O–H groups in total. The number of fused-ring (bicyclic) bond motifs is 1. The van der Waals surface area contributed by atoms with Crippen LogP contribution in [0.2, 0.25) is 5.82 Å². The number of hydrogen-bond donors (Lipinski definition) is 0. The van der Waals surface area contributed by atoms with Gasteiger partial charge in [0.05, 0.1) is 17.5 Å². The van der Waals surface area contributed by atoms with Gasteiger partial charge in [0.25, 0.3) is 0 Å². The monoisotopic (exact) mass is 299 g/mol. The topological polar surface area (TPSA) is 6.48 Å². The van der Waals surface area contributed by atoms with E-state index in [1.54, 1.807) is 0 Å². The smallest absolute Gasteiger partial charge is 0.153 e. The van der Waals surface area contributed by atoms with Gasteiger partial charge in [0, 0.05) is 71.9 Å². The summed E-state index contributed by atoms with van der Waals surface area (Å²) in [6.45, 7) is 4.64.